The second-order valence-corrected chi connectivity index (χ2v) is 7.26. The lowest BCUT2D eigenvalue weighted by Crippen LogP contribution is -2.07. The maximum absolute atomic E-state index is 11.7. The molecule has 0 saturated heterocycles. The summed E-state index contributed by atoms with van der Waals surface area (Å²) in [7, 11) is -4.24. The van der Waals surface area contributed by atoms with E-state index < -0.39 is 10.1 Å². The molecule has 0 heterocycles. The zero-order valence-corrected chi connectivity index (χ0v) is 13.9. The molecule has 0 aliphatic heterocycles. The first-order valence-electron chi connectivity index (χ1n) is 7.40. The Morgan fingerprint density at radius 1 is 0.913 bits per heavy atom. The average Bonchev–Trinajstić information content (AvgIpc) is 2.44. The molecule has 23 heavy (non-hydrogen) atoms. The molecule has 0 unspecified atom stereocenters. The molecule has 3 rings (SSSR count). The number of fused-ring (bicyclic) bond motifs is 1. The minimum atomic E-state index is -4.24. The number of rotatable bonds is 3. The minimum absolute atomic E-state index is 0.0243. The van der Waals surface area contributed by atoms with Gasteiger partial charge in [-0.3, -0.25) is 4.55 Å². The molecule has 0 amide bonds. The zero-order valence-electron chi connectivity index (χ0n) is 13.1. The van der Waals surface area contributed by atoms with E-state index in [2.05, 4.69) is 6.07 Å². The summed E-state index contributed by atoms with van der Waals surface area (Å²) in [4.78, 5) is 0.0243. The third-order valence-electron chi connectivity index (χ3n) is 3.96. The standard InChI is InChI=1S/C19H18O3S/c1-13-9-14(2)19(23(20,21)22)18(10-13)12-15-7-8-16-5-3-4-6-17(16)11-15/h3-11H,12H2,1-2H3,(H,20,21,22). The Morgan fingerprint density at radius 2 is 1.61 bits per heavy atom. The highest BCUT2D eigenvalue weighted by molar-refractivity contribution is 7.86. The van der Waals surface area contributed by atoms with Gasteiger partial charge < -0.3 is 0 Å². The van der Waals surface area contributed by atoms with Crippen LogP contribution in [0.15, 0.2) is 59.5 Å². The van der Waals surface area contributed by atoms with Crippen LogP contribution in [0.2, 0.25) is 0 Å². The van der Waals surface area contributed by atoms with Crippen LogP contribution in [-0.4, -0.2) is 13.0 Å². The van der Waals surface area contributed by atoms with E-state index in [1.54, 1.807) is 13.0 Å². The maximum atomic E-state index is 11.7. The molecule has 0 bridgehead atoms. The van der Waals surface area contributed by atoms with E-state index in [4.69, 9.17) is 0 Å². The molecule has 0 spiro atoms. The Labute approximate surface area is 136 Å². The fourth-order valence-corrected chi connectivity index (χ4v) is 4.04. The third kappa shape index (κ3) is 3.28. The Morgan fingerprint density at radius 3 is 2.30 bits per heavy atom. The van der Waals surface area contributed by atoms with Crippen LogP contribution in [0.25, 0.3) is 10.8 Å². The summed E-state index contributed by atoms with van der Waals surface area (Å²) in [5.41, 5.74) is 3.19. The zero-order chi connectivity index (χ0) is 16.6. The maximum Gasteiger partial charge on any atom is 0.295 e. The number of hydrogen-bond donors (Lipinski definition) is 1. The second kappa shape index (κ2) is 5.80. The molecule has 118 valence electrons. The monoisotopic (exact) mass is 326 g/mol. The summed E-state index contributed by atoms with van der Waals surface area (Å²) in [6.07, 6.45) is 0.461. The van der Waals surface area contributed by atoms with Gasteiger partial charge in [0.15, 0.2) is 0 Å². The molecule has 1 N–H and O–H groups in total. The highest BCUT2D eigenvalue weighted by Crippen LogP contribution is 2.26. The molecule has 3 nitrogen and oxygen atoms in total. The van der Waals surface area contributed by atoms with Gasteiger partial charge in [0, 0.05) is 0 Å². The summed E-state index contributed by atoms with van der Waals surface area (Å²) in [5.74, 6) is 0. The summed E-state index contributed by atoms with van der Waals surface area (Å²) in [5, 5.41) is 2.26. The third-order valence-corrected chi connectivity index (χ3v) is 5.06. The minimum Gasteiger partial charge on any atom is -0.282 e. The summed E-state index contributed by atoms with van der Waals surface area (Å²) in [6, 6.07) is 17.7. The van der Waals surface area contributed by atoms with Crippen LogP contribution in [0, 0.1) is 13.8 Å². The number of hydrogen-bond acceptors (Lipinski definition) is 2. The van der Waals surface area contributed by atoms with Crippen molar-refractivity contribution in [3.05, 3.63) is 76.9 Å². The number of benzene rings is 3. The second-order valence-electron chi connectivity index (χ2n) is 5.90. The normalized spacial score (nSPS) is 11.8. The van der Waals surface area contributed by atoms with Crippen LogP contribution < -0.4 is 0 Å². The SMILES string of the molecule is Cc1cc(C)c(S(=O)(=O)O)c(Cc2ccc3ccccc3c2)c1. The quantitative estimate of drug-likeness (QED) is 0.730. The largest absolute Gasteiger partial charge is 0.295 e. The molecule has 4 heteroatoms. The smallest absolute Gasteiger partial charge is 0.282 e. The van der Waals surface area contributed by atoms with E-state index in [1.165, 1.54) is 0 Å². The lowest BCUT2D eigenvalue weighted by molar-refractivity contribution is 0.481. The van der Waals surface area contributed by atoms with E-state index in [-0.39, 0.29) is 4.90 Å². The van der Waals surface area contributed by atoms with Crippen molar-refractivity contribution < 1.29 is 13.0 Å². The van der Waals surface area contributed by atoms with Crippen molar-refractivity contribution in [2.45, 2.75) is 25.2 Å². The van der Waals surface area contributed by atoms with Gasteiger partial charge in [-0.05, 0) is 47.7 Å². The summed E-state index contributed by atoms with van der Waals surface area (Å²) in [6.45, 7) is 3.63. The Hall–Kier alpha value is -2.17. The van der Waals surface area contributed by atoms with E-state index in [9.17, 15) is 13.0 Å². The van der Waals surface area contributed by atoms with Crippen molar-refractivity contribution in [3.8, 4) is 0 Å². The highest BCUT2D eigenvalue weighted by Gasteiger charge is 2.19. The molecule has 0 fully saturated rings. The Kier molecular flexibility index (Phi) is 3.96. The van der Waals surface area contributed by atoms with Crippen LogP contribution in [0.5, 0.6) is 0 Å². The van der Waals surface area contributed by atoms with Crippen molar-refractivity contribution in [2.75, 3.05) is 0 Å². The molecule has 0 saturated carbocycles. The lowest BCUT2D eigenvalue weighted by atomic mass is 9.98. The van der Waals surface area contributed by atoms with E-state index in [0.717, 1.165) is 21.9 Å². The summed E-state index contributed by atoms with van der Waals surface area (Å²) >= 11 is 0. The topological polar surface area (TPSA) is 54.4 Å². The molecule has 3 aromatic rings. The summed E-state index contributed by atoms with van der Waals surface area (Å²) < 4.78 is 33.1. The molecule has 0 aromatic heterocycles. The van der Waals surface area contributed by atoms with Gasteiger partial charge in [0.25, 0.3) is 10.1 Å². The molecular weight excluding hydrogens is 308 g/mol. The van der Waals surface area contributed by atoms with Crippen LogP contribution in [0.4, 0.5) is 0 Å². The molecular formula is C19H18O3S. The number of aryl methyl sites for hydroxylation is 2. The first-order chi connectivity index (χ1) is 10.8. The predicted octanol–water partition coefficient (Wildman–Crippen LogP) is 4.29. The van der Waals surface area contributed by atoms with Gasteiger partial charge in [-0.15, -0.1) is 0 Å². The van der Waals surface area contributed by atoms with Gasteiger partial charge in [-0.25, -0.2) is 0 Å². The van der Waals surface area contributed by atoms with Gasteiger partial charge >= 0.3 is 0 Å². The van der Waals surface area contributed by atoms with Crippen molar-refractivity contribution in [2.24, 2.45) is 0 Å². The van der Waals surface area contributed by atoms with Crippen molar-refractivity contribution in [1.82, 2.24) is 0 Å². The van der Waals surface area contributed by atoms with E-state index in [1.807, 2.05) is 49.4 Å². The molecule has 0 aliphatic carbocycles. The van der Waals surface area contributed by atoms with Gasteiger partial charge in [-0.1, -0.05) is 60.2 Å². The van der Waals surface area contributed by atoms with E-state index >= 15 is 0 Å². The van der Waals surface area contributed by atoms with E-state index in [0.29, 0.717) is 17.5 Å². The van der Waals surface area contributed by atoms with Crippen molar-refractivity contribution >= 4 is 20.9 Å². The van der Waals surface area contributed by atoms with Gasteiger partial charge in [-0.2, -0.15) is 8.42 Å². The first-order valence-corrected chi connectivity index (χ1v) is 8.84. The van der Waals surface area contributed by atoms with Gasteiger partial charge in [0.1, 0.15) is 4.90 Å². The molecule has 0 aliphatic rings. The Bertz CT molecular complexity index is 989. The fourth-order valence-electron chi connectivity index (χ4n) is 3.11. The van der Waals surface area contributed by atoms with Crippen LogP contribution in [-0.2, 0) is 16.5 Å². The predicted molar refractivity (Wildman–Crippen MR) is 92.5 cm³/mol. The molecule has 3 aromatic carbocycles. The van der Waals surface area contributed by atoms with Crippen LogP contribution >= 0.6 is 0 Å². The van der Waals surface area contributed by atoms with Crippen molar-refractivity contribution in [3.63, 3.8) is 0 Å². The Balaban J connectivity index is 2.11. The molecule has 0 atom stereocenters. The molecule has 0 radical (unpaired) electrons. The first kappa shape index (κ1) is 15.7. The fraction of sp³-hybridized carbons (Fsp3) is 0.158. The van der Waals surface area contributed by atoms with Gasteiger partial charge in [0.05, 0.1) is 0 Å². The lowest BCUT2D eigenvalue weighted by Gasteiger charge is -2.12. The average molecular weight is 326 g/mol. The van der Waals surface area contributed by atoms with Gasteiger partial charge in [0.2, 0.25) is 0 Å². The van der Waals surface area contributed by atoms with Crippen molar-refractivity contribution in [1.29, 1.82) is 0 Å². The van der Waals surface area contributed by atoms with Crippen LogP contribution in [0.3, 0.4) is 0 Å². The highest BCUT2D eigenvalue weighted by atomic mass is 32.2. The van der Waals surface area contributed by atoms with Crippen LogP contribution in [0.1, 0.15) is 22.3 Å².